The van der Waals surface area contributed by atoms with Crippen molar-refractivity contribution in [1.29, 1.82) is 0 Å². The van der Waals surface area contributed by atoms with E-state index in [4.69, 9.17) is 5.73 Å². The Hall–Kier alpha value is -0.570. The molecule has 1 aliphatic heterocycles. The van der Waals surface area contributed by atoms with E-state index in [9.17, 15) is 4.79 Å². The Morgan fingerprint density at radius 2 is 1.94 bits per heavy atom. The molecule has 18 heavy (non-hydrogen) atoms. The van der Waals surface area contributed by atoms with Crippen molar-refractivity contribution < 1.29 is 4.79 Å². The average Bonchev–Trinajstić information content (AvgIpc) is 2.70. The lowest BCUT2D eigenvalue weighted by molar-refractivity contribution is -0.134. The molecule has 1 saturated carbocycles. The van der Waals surface area contributed by atoms with Gasteiger partial charge in [0.1, 0.15) is 0 Å². The van der Waals surface area contributed by atoms with Crippen LogP contribution in [0.1, 0.15) is 58.8 Å². The maximum Gasteiger partial charge on any atom is 0.223 e. The van der Waals surface area contributed by atoms with Crippen molar-refractivity contribution in [2.24, 2.45) is 17.1 Å². The normalized spacial score (nSPS) is 31.6. The lowest BCUT2D eigenvalue weighted by Crippen LogP contribution is -2.41. The van der Waals surface area contributed by atoms with Crippen LogP contribution >= 0.6 is 0 Å². The number of nitrogens with zero attached hydrogens (tertiary/aromatic N) is 1. The molecule has 2 aliphatic rings. The fourth-order valence-electron chi connectivity index (χ4n) is 3.82. The maximum atomic E-state index is 12.5. The van der Waals surface area contributed by atoms with Crippen molar-refractivity contribution in [2.75, 3.05) is 13.1 Å². The minimum atomic E-state index is 0.112. The molecule has 1 aliphatic carbocycles. The third kappa shape index (κ3) is 2.87. The molecule has 0 aromatic carbocycles. The summed E-state index contributed by atoms with van der Waals surface area (Å²) in [6.45, 7) is 6.04. The van der Waals surface area contributed by atoms with Gasteiger partial charge in [0.15, 0.2) is 0 Å². The van der Waals surface area contributed by atoms with Crippen molar-refractivity contribution >= 4 is 5.91 Å². The predicted molar refractivity (Wildman–Crippen MR) is 74.1 cm³/mol. The van der Waals surface area contributed by atoms with Crippen molar-refractivity contribution in [1.82, 2.24) is 4.90 Å². The molecule has 0 aromatic heterocycles. The van der Waals surface area contributed by atoms with Crippen LogP contribution in [-0.2, 0) is 4.79 Å². The quantitative estimate of drug-likeness (QED) is 0.839. The molecule has 1 saturated heterocycles. The summed E-state index contributed by atoms with van der Waals surface area (Å²) >= 11 is 0. The molecular weight excluding hydrogens is 224 g/mol. The van der Waals surface area contributed by atoms with E-state index in [1.807, 2.05) is 0 Å². The van der Waals surface area contributed by atoms with Gasteiger partial charge in [-0.25, -0.2) is 0 Å². The number of nitrogens with two attached hydrogens (primary N) is 1. The van der Waals surface area contributed by atoms with Crippen molar-refractivity contribution in [3.63, 3.8) is 0 Å². The summed E-state index contributed by atoms with van der Waals surface area (Å²) in [5.41, 5.74) is 6.09. The van der Waals surface area contributed by atoms with Crippen LogP contribution < -0.4 is 5.73 Å². The molecule has 2 rings (SSSR count). The molecule has 2 atom stereocenters. The van der Waals surface area contributed by atoms with Gasteiger partial charge in [-0.05, 0) is 44.1 Å². The summed E-state index contributed by atoms with van der Waals surface area (Å²) in [5.74, 6) is 1.00. The van der Waals surface area contributed by atoms with Crippen LogP contribution in [0, 0.1) is 11.3 Å². The minimum absolute atomic E-state index is 0.112. The number of hydrogen-bond donors (Lipinski definition) is 1. The Morgan fingerprint density at radius 3 is 2.44 bits per heavy atom. The van der Waals surface area contributed by atoms with Gasteiger partial charge in [0, 0.05) is 19.0 Å². The van der Waals surface area contributed by atoms with Crippen LogP contribution in [-0.4, -0.2) is 29.9 Å². The van der Waals surface area contributed by atoms with E-state index in [2.05, 4.69) is 18.7 Å². The molecule has 2 unspecified atom stereocenters. The molecule has 0 radical (unpaired) electrons. The van der Waals surface area contributed by atoms with Gasteiger partial charge < -0.3 is 10.6 Å². The van der Waals surface area contributed by atoms with Gasteiger partial charge in [0.25, 0.3) is 0 Å². The van der Waals surface area contributed by atoms with Gasteiger partial charge in [0.05, 0.1) is 0 Å². The fourth-order valence-corrected chi connectivity index (χ4v) is 3.82. The fraction of sp³-hybridized carbons (Fsp3) is 0.933. The third-order valence-corrected chi connectivity index (χ3v) is 4.98. The van der Waals surface area contributed by atoms with E-state index in [1.165, 1.54) is 19.3 Å². The first kappa shape index (κ1) is 13.9. The summed E-state index contributed by atoms with van der Waals surface area (Å²) < 4.78 is 0. The van der Waals surface area contributed by atoms with Crippen LogP contribution in [0.15, 0.2) is 0 Å². The Bertz CT molecular complexity index is 297. The Kier molecular flexibility index (Phi) is 4.31. The van der Waals surface area contributed by atoms with Gasteiger partial charge in [-0.15, -0.1) is 0 Å². The second-order valence-electron chi connectivity index (χ2n) is 6.68. The van der Waals surface area contributed by atoms with E-state index in [0.717, 1.165) is 25.8 Å². The van der Waals surface area contributed by atoms with E-state index >= 15 is 0 Å². The van der Waals surface area contributed by atoms with E-state index < -0.39 is 0 Å². The number of likely N-dealkylation sites (tertiary alicyclic amines) is 1. The topological polar surface area (TPSA) is 46.3 Å². The number of amides is 1. The zero-order valence-electron chi connectivity index (χ0n) is 12.0. The lowest BCUT2D eigenvalue weighted by atomic mass is 9.71. The molecule has 2 fully saturated rings. The standard InChI is InChI=1S/C15H28N2O/c1-12-8-13(2)17(10-12)14(18)9-15(11-16)6-4-3-5-7-15/h12-13H,3-11,16H2,1-2H3. The molecule has 3 nitrogen and oxygen atoms in total. The smallest absolute Gasteiger partial charge is 0.223 e. The average molecular weight is 252 g/mol. The third-order valence-electron chi connectivity index (χ3n) is 4.98. The predicted octanol–water partition coefficient (Wildman–Crippen LogP) is 2.54. The molecular formula is C15H28N2O. The first-order valence-electron chi connectivity index (χ1n) is 7.56. The summed E-state index contributed by atoms with van der Waals surface area (Å²) in [6, 6.07) is 0.422. The highest BCUT2D eigenvalue weighted by Crippen LogP contribution is 2.39. The van der Waals surface area contributed by atoms with Crippen LogP contribution in [0.4, 0.5) is 0 Å². The molecule has 3 heteroatoms. The Morgan fingerprint density at radius 1 is 1.28 bits per heavy atom. The van der Waals surface area contributed by atoms with E-state index in [1.54, 1.807) is 0 Å². The minimum Gasteiger partial charge on any atom is -0.340 e. The van der Waals surface area contributed by atoms with Gasteiger partial charge in [-0.1, -0.05) is 26.2 Å². The second-order valence-corrected chi connectivity index (χ2v) is 6.68. The van der Waals surface area contributed by atoms with Crippen LogP contribution in [0.5, 0.6) is 0 Å². The number of rotatable bonds is 3. The van der Waals surface area contributed by atoms with Crippen molar-refractivity contribution in [2.45, 2.75) is 64.8 Å². The summed E-state index contributed by atoms with van der Waals surface area (Å²) in [6.07, 6.45) is 7.93. The second kappa shape index (κ2) is 5.60. The van der Waals surface area contributed by atoms with Crippen LogP contribution in [0.2, 0.25) is 0 Å². The lowest BCUT2D eigenvalue weighted by Gasteiger charge is -2.37. The molecule has 0 spiro atoms. The highest BCUT2D eigenvalue weighted by Gasteiger charge is 2.37. The monoisotopic (exact) mass is 252 g/mol. The molecule has 1 heterocycles. The Labute approximate surface area is 111 Å². The summed E-state index contributed by atoms with van der Waals surface area (Å²) in [5, 5.41) is 0. The summed E-state index contributed by atoms with van der Waals surface area (Å²) in [4.78, 5) is 14.6. The zero-order valence-corrected chi connectivity index (χ0v) is 12.0. The molecule has 2 N–H and O–H groups in total. The molecule has 104 valence electrons. The van der Waals surface area contributed by atoms with E-state index in [-0.39, 0.29) is 5.41 Å². The number of carbonyl (C=O) groups excluding carboxylic acids is 1. The molecule has 1 amide bonds. The van der Waals surface area contributed by atoms with Gasteiger partial charge in [-0.2, -0.15) is 0 Å². The SMILES string of the molecule is CC1CC(C)N(C(=O)CC2(CN)CCCCC2)C1. The Balaban J connectivity index is 1.97. The number of carbonyl (C=O) groups is 1. The van der Waals surface area contributed by atoms with E-state index in [0.29, 0.717) is 30.8 Å². The van der Waals surface area contributed by atoms with Crippen LogP contribution in [0.3, 0.4) is 0 Å². The zero-order chi connectivity index (χ0) is 13.2. The van der Waals surface area contributed by atoms with Gasteiger partial charge in [0.2, 0.25) is 5.91 Å². The van der Waals surface area contributed by atoms with Gasteiger partial charge in [-0.3, -0.25) is 4.79 Å². The maximum absolute atomic E-state index is 12.5. The van der Waals surface area contributed by atoms with Crippen LogP contribution in [0.25, 0.3) is 0 Å². The molecule has 0 bridgehead atoms. The van der Waals surface area contributed by atoms with Crippen molar-refractivity contribution in [3.05, 3.63) is 0 Å². The first-order valence-corrected chi connectivity index (χ1v) is 7.56. The highest BCUT2D eigenvalue weighted by atomic mass is 16.2. The van der Waals surface area contributed by atoms with Crippen molar-refractivity contribution in [3.8, 4) is 0 Å². The highest BCUT2D eigenvalue weighted by molar-refractivity contribution is 5.77. The summed E-state index contributed by atoms with van der Waals surface area (Å²) in [7, 11) is 0. The number of hydrogen-bond acceptors (Lipinski definition) is 2. The molecule has 0 aromatic rings. The largest absolute Gasteiger partial charge is 0.340 e. The van der Waals surface area contributed by atoms with Gasteiger partial charge >= 0.3 is 0 Å². The first-order chi connectivity index (χ1) is 8.56.